The average molecular weight is 243 g/mol. The van der Waals surface area contributed by atoms with Crippen LogP contribution < -0.4 is 0 Å². The Kier molecular flexibility index (Phi) is 3.88. The Morgan fingerprint density at radius 2 is 2.06 bits per heavy atom. The van der Waals surface area contributed by atoms with Gasteiger partial charge >= 0.3 is 0 Å². The van der Waals surface area contributed by atoms with Crippen molar-refractivity contribution in [3.05, 3.63) is 38.9 Å². The van der Waals surface area contributed by atoms with Gasteiger partial charge in [0.05, 0.1) is 4.92 Å². The summed E-state index contributed by atoms with van der Waals surface area (Å²) in [7, 11) is 0. The van der Waals surface area contributed by atoms with E-state index in [-0.39, 0.29) is 17.5 Å². The minimum atomic E-state index is -2.83. The molecule has 1 aromatic carbocycles. The molecule has 1 rings (SSSR count). The van der Waals surface area contributed by atoms with Crippen molar-refractivity contribution in [2.24, 2.45) is 0 Å². The van der Waals surface area contributed by atoms with Crippen LogP contribution in [0, 0.1) is 10.1 Å². The van der Waals surface area contributed by atoms with Crippen LogP contribution in [0.25, 0.3) is 0 Å². The van der Waals surface area contributed by atoms with E-state index in [0.29, 0.717) is 0 Å². The second-order valence-electron chi connectivity index (χ2n) is 3.53. The number of hydrogen-bond acceptors (Lipinski definition) is 3. The van der Waals surface area contributed by atoms with Gasteiger partial charge in [-0.15, -0.1) is 0 Å². The third kappa shape index (κ3) is 2.64. The second kappa shape index (κ2) is 4.99. The molecule has 17 heavy (non-hydrogen) atoms. The quantitative estimate of drug-likeness (QED) is 0.463. The van der Waals surface area contributed by atoms with Crippen molar-refractivity contribution >= 4 is 11.5 Å². The molecule has 1 aromatic rings. The maximum atomic E-state index is 12.8. The molecular weight excluding hydrogens is 232 g/mol. The lowest BCUT2D eigenvalue weighted by Crippen LogP contribution is -2.05. The van der Waals surface area contributed by atoms with Gasteiger partial charge in [0.2, 0.25) is 0 Å². The van der Waals surface area contributed by atoms with E-state index in [1.807, 2.05) is 0 Å². The molecule has 0 radical (unpaired) electrons. The fourth-order valence-corrected chi connectivity index (χ4v) is 1.69. The van der Waals surface area contributed by atoms with Crippen molar-refractivity contribution in [1.82, 2.24) is 0 Å². The second-order valence-corrected chi connectivity index (χ2v) is 3.53. The molecule has 0 unspecified atom stereocenters. The van der Waals surface area contributed by atoms with E-state index in [1.165, 1.54) is 6.92 Å². The van der Waals surface area contributed by atoms with Crippen molar-refractivity contribution < 1.29 is 18.5 Å². The fourth-order valence-electron chi connectivity index (χ4n) is 1.69. The van der Waals surface area contributed by atoms with Crippen LogP contribution in [-0.4, -0.2) is 10.7 Å². The van der Waals surface area contributed by atoms with Crippen molar-refractivity contribution in [2.45, 2.75) is 26.7 Å². The lowest BCUT2D eigenvalue weighted by Gasteiger charge is -2.11. The number of nitrogens with zero attached hydrogens (tertiary/aromatic N) is 1. The summed E-state index contributed by atoms with van der Waals surface area (Å²) in [5.41, 5.74) is -0.746. The molecule has 0 aromatic heterocycles. The van der Waals surface area contributed by atoms with E-state index in [2.05, 4.69) is 0 Å². The molecule has 0 amide bonds. The van der Waals surface area contributed by atoms with Crippen molar-refractivity contribution in [1.29, 1.82) is 0 Å². The summed E-state index contributed by atoms with van der Waals surface area (Å²) in [5.74, 6) is -0.451. The topological polar surface area (TPSA) is 60.2 Å². The number of nitro benzene ring substituents is 1. The largest absolute Gasteiger partial charge is 0.294 e. The number of carbonyl (C=O) groups excluding carboxylic acids is 1. The van der Waals surface area contributed by atoms with Gasteiger partial charge in [-0.1, -0.05) is 6.92 Å². The van der Waals surface area contributed by atoms with Crippen LogP contribution in [0.3, 0.4) is 0 Å². The highest BCUT2D eigenvalue weighted by molar-refractivity contribution is 5.96. The van der Waals surface area contributed by atoms with Gasteiger partial charge in [0.15, 0.2) is 5.78 Å². The number of halogens is 2. The van der Waals surface area contributed by atoms with Gasteiger partial charge < -0.3 is 0 Å². The number of non-ortho nitro benzene ring substituents is 1. The van der Waals surface area contributed by atoms with E-state index >= 15 is 0 Å². The minimum Gasteiger partial charge on any atom is -0.294 e. The molecule has 92 valence electrons. The van der Waals surface area contributed by atoms with E-state index in [1.54, 1.807) is 6.92 Å². The Labute approximate surface area is 96.4 Å². The first-order chi connectivity index (χ1) is 7.88. The van der Waals surface area contributed by atoms with Gasteiger partial charge in [0, 0.05) is 23.3 Å². The van der Waals surface area contributed by atoms with Gasteiger partial charge in [0.25, 0.3) is 12.1 Å². The van der Waals surface area contributed by atoms with Crippen LogP contribution in [-0.2, 0) is 6.42 Å². The predicted octanol–water partition coefficient (Wildman–Crippen LogP) is 3.30. The lowest BCUT2D eigenvalue weighted by molar-refractivity contribution is -0.385. The molecule has 0 saturated heterocycles. The first-order valence-corrected chi connectivity index (χ1v) is 4.98. The number of ketones is 1. The normalized spacial score (nSPS) is 10.6. The molecule has 0 aliphatic rings. The fraction of sp³-hybridized carbons (Fsp3) is 0.364. The summed E-state index contributed by atoms with van der Waals surface area (Å²) in [6, 6.07) is 1.88. The van der Waals surface area contributed by atoms with Crippen LogP contribution in [0.1, 0.15) is 41.8 Å². The van der Waals surface area contributed by atoms with E-state index < -0.39 is 28.4 Å². The Balaban J connectivity index is 3.57. The molecule has 0 saturated carbocycles. The highest BCUT2D eigenvalue weighted by Crippen LogP contribution is 2.30. The lowest BCUT2D eigenvalue weighted by atomic mass is 9.96. The van der Waals surface area contributed by atoms with Gasteiger partial charge in [-0.2, -0.15) is 0 Å². The number of Topliss-reactive ketones (excluding diaryl/α,β-unsaturated/α-hetero) is 1. The number of nitro groups is 1. The number of carbonyl (C=O) groups is 1. The van der Waals surface area contributed by atoms with E-state index in [9.17, 15) is 23.7 Å². The number of rotatable bonds is 4. The summed E-state index contributed by atoms with van der Waals surface area (Å²) in [5, 5.41) is 10.6. The third-order valence-corrected chi connectivity index (χ3v) is 2.45. The summed E-state index contributed by atoms with van der Waals surface area (Å²) >= 11 is 0. The molecule has 0 heterocycles. The Bertz CT molecular complexity index is 472. The molecule has 0 spiro atoms. The van der Waals surface area contributed by atoms with Gasteiger partial charge in [-0.05, 0) is 18.9 Å². The zero-order chi connectivity index (χ0) is 13.2. The summed E-state index contributed by atoms with van der Waals surface area (Å²) in [4.78, 5) is 21.1. The SMILES string of the molecule is CCc1c(C(C)=O)cc([N+](=O)[O-])cc1C(F)F. The van der Waals surface area contributed by atoms with E-state index in [0.717, 1.165) is 12.1 Å². The number of alkyl halides is 2. The van der Waals surface area contributed by atoms with Crippen molar-refractivity contribution in [3.8, 4) is 0 Å². The summed E-state index contributed by atoms with van der Waals surface area (Å²) in [6.07, 6.45) is -2.60. The molecule has 0 aliphatic carbocycles. The molecule has 4 nitrogen and oxygen atoms in total. The Morgan fingerprint density at radius 1 is 1.47 bits per heavy atom. The standard InChI is InChI=1S/C11H11F2NO3/c1-3-8-9(6(2)15)4-7(14(16)17)5-10(8)11(12)13/h4-5,11H,3H2,1-2H3. The van der Waals surface area contributed by atoms with Gasteiger partial charge in [-0.25, -0.2) is 8.78 Å². The first kappa shape index (κ1) is 13.2. The molecule has 0 bridgehead atoms. The summed E-state index contributed by atoms with van der Waals surface area (Å²) < 4.78 is 25.5. The number of benzene rings is 1. The smallest absolute Gasteiger partial charge is 0.270 e. The minimum absolute atomic E-state index is 0.00278. The van der Waals surface area contributed by atoms with Crippen LogP contribution in [0.2, 0.25) is 0 Å². The average Bonchev–Trinajstić information content (AvgIpc) is 2.26. The Morgan fingerprint density at radius 3 is 2.41 bits per heavy atom. The number of hydrogen-bond donors (Lipinski definition) is 0. The molecule has 0 aliphatic heterocycles. The van der Waals surface area contributed by atoms with Crippen LogP contribution in [0.15, 0.2) is 12.1 Å². The maximum absolute atomic E-state index is 12.8. The van der Waals surface area contributed by atoms with Crippen molar-refractivity contribution in [3.63, 3.8) is 0 Å². The zero-order valence-electron chi connectivity index (χ0n) is 9.37. The highest BCUT2D eigenvalue weighted by Gasteiger charge is 2.22. The molecule has 0 atom stereocenters. The molecular formula is C11H11F2NO3. The van der Waals surface area contributed by atoms with Gasteiger partial charge in [-0.3, -0.25) is 14.9 Å². The third-order valence-electron chi connectivity index (χ3n) is 2.45. The van der Waals surface area contributed by atoms with Crippen LogP contribution in [0.4, 0.5) is 14.5 Å². The maximum Gasteiger partial charge on any atom is 0.270 e. The van der Waals surface area contributed by atoms with Crippen LogP contribution in [0.5, 0.6) is 0 Å². The van der Waals surface area contributed by atoms with Crippen molar-refractivity contribution in [2.75, 3.05) is 0 Å². The van der Waals surface area contributed by atoms with Gasteiger partial charge in [0.1, 0.15) is 0 Å². The Hall–Kier alpha value is -1.85. The van der Waals surface area contributed by atoms with E-state index in [4.69, 9.17) is 0 Å². The van der Waals surface area contributed by atoms with Crippen LogP contribution >= 0.6 is 0 Å². The monoisotopic (exact) mass is 243 g/mol. The molecule has 6 heteroatoms. The summed E-state index contributed by atoms with van der Waals surface area (Å²) in [6.45, 7) is 2.83. The highest BCUT2D eigenvalue weighted by atomic mass is 19.3. The zero-order valence-corrected chi connectivity index (χ0v) is 9.37. The first-order valence-electron chi connectivity index (χ1n) is 4.98. The molecule has 0 N–H and O–H groups in total. The predicted molar refractivity (Wildman–Crippen MR) is 57.4 cm³/mol. The molecule has 0 fully saturated rings.